The molecular formula is C20H30N2O2. The molecule has 1 fully saturated rings. The zero-order valence-corrected chi connectivity index (χ0v) is 15.0. The summed E-state index contributed by atoms with van der Waals surface area (Å²) in [5.41, 5.74) is 4.21. The Morgan fingerprint density at radius 3 is 2.92 bits per heavy atom. The average molecular weight is 330 g/mol. The van der Waals surface area contributed by atoms with E-state index in [2.05, 4.69) is 35.3 Å². The first-order valence-corrected chi connectivity index (χ1v) is 9.43. The van der Waals surface area contributed by atoms with Crippen molar-refractivity contribution in [3.63, 3.8) is 0 Å². The lowest BCUT2D eigenvalue weighted by Gasteiger charge is -2.35. The van der Waals surface area contributed by atoms with Crippen LogP contribution in [0, 0.1) is 5.92 Å². The van der Waals surface area contributed by atoms with Crippen LogP contribution in [0.3, 0.4) is 0 Å². The molecule has 0 saturated carbocycles. The van der Waals surface area contributed by atoms with Gasteiger partial charge in [-0.15, -0.1) is 0 Å². The zero-order chi connectivity index (χ0) is 16.9. The van der Waals surface area contributed by atoms with Gasteiger partial charge in [-0.25, -0.2) is 0 Å². The molecule has 1 aromatic carbocycles. The van der Waals surface area contributed by atoms with E-state index in [4.69, 9.17) is 4.74 Å². The second-order valence-electron chi connectivity index (χ2n) is 7.14. The van der Waals surface area contributed by atoms with E-state index in [1.54, 1.807) is 0 Å². The first-order valence-electron chi connectivity index (χ1n) is 9.43. The molecule has 1 aromatic rings. The fraction of sp³-hybridized carbons (Fsp3) is 0.650. The van der Waals surface area contributed by atoms with Crippen molar-refractivity contribution in [3.8, 4) is 0 Å². The third-order valence-electron chi connectivity index (χ3n) is 5.41. The number of likely N-dealkylation sites (tertiary alicyclic amines) is 1. The Balaban J connectivity index is 1.52. The van der Waals surface area contributed by atoms with Gasteiger partial charge in [-0.05, 0) is 76.2 Å². The Kier molecular flexibility index (Phi) is 5.77. The summed E-state index contributed by atoms with van der Waals surface area (Å²) in [6.45, 7) is 7.76. The number of nitrogens with one attached hydrogen (secondary N) is 1. The number of carbonyl (C=O) groups is 1. The average Bonchev–Trinajstić information content (AvgIpc) is 2.62. The van der Waals surface area contributed by atoms with Gasteiger partial charge in [0.15, 0.2) is 0 Å². The van der Waals surface area contributed by atoms with Crippen molar-refractivity contribution in [1.29, 1.82) is 0 Å². The highest BCUT2D eigenvalue weighted by Gasteiger charge is 2.28. The molecule has 0 aliphatic carbocycles. The molecule has 24 heavy (non-hydrogen) atoms. The van der Waals surface area contributed by atoms with Crippen molar-refractivity contribution in [2.45, 2.75) is 52.0 Å². The molecular weight excluding hydrogens is 300 g/mol. The molecule has 132 valence electrons. The maximum absolute atomic E-state index is 11.9. The van der Waals surface area contributed by atoms with Crippen LogP contribution in [0.15, 0.2) is 18.2 Å². The molecule has 1 N–H and O–H groups in total. The SMILES string of the molecule is CCOC(=O)C1CCN(C(C)Cc2ccc3c(c2)CCCN3)CC1. The van der Waals surface area contributed by atoms with Crippen LogP contribution in [-0.2, 0) is 22.4 Å². The number of fused-ring (bicyclic) bond motifs is 1. The second kappa shape index (κ2) is 8.02. The second-order valence-corrected chi connectivity index (χ2v) is 7.14. The van der Waals surface area contributed by atoms with E-state index in [1.807, 2.05) is 6.92 Å². The van der Waals surface area contributed by atoms with E-state index in [0.717, 1.165) is 38.9 Å². The van der Waals surface area contributed by atoms with Crippen LogP contribution in [0.1, 0.15) is 44.2 Å². The van der Waals surface area contributed by atoms with Gasteiger partial charge in [0.1, 0.15) is 0 Å². The summed E-state index contributed by atoms with van der Waals surface area (Å²) < 4.78 is 5.16. The van der Waals surface area contributed by atoms with E-state index in [1.165, 1.54) is 29.7 Å². The van der Waals surface area contributed by atoms with Crippen LogP contribution in [0.2, 0.25) is 0 Å². The van der Waals surface area contributed by atoms with Crippen molar-refractivity contribution in [3.05, 3.63) is 29.3 Å². The molecule has 2 heterocycles. The van der Waals surface area contributed by atoms with Crippen LogP contribution < -0.4 is 5.32 Å². The summed E-state index contributed by atoms with van der Waals surface area (Å²) in [6, 6.07) is 7.40. The van der Waals surface area contributed by atoms with E-state index in [9.17, 15) is 4.79 Å². The van der Waals surface area contributed by atoms with E-state index < -0.39 is 0 Å². The molecule has 1 atom stereocenters. The zero-order valence-electron chi connectivity index (χ0n) is 15.0. The Morgan fingerprint density at radius 2 is 2.17 bits per heavy atom. The number of ether oxygens (including phenoxy) is 1. The van der Waals surface area contributed by atoms with Gasteiger partial charge in [0.05, 0.1) is 12.5 Å². The fourth-order valence-electron chi connectivity index (χ4n) is 3.96. The van der Waals surface area contributed by atoms with Gasteiger partial charge >= 0.3 is 5.97 Å². The topological polar surface area (TPSA) is 41.6 Å². The number of rotatable bonds is 5. The van der Waals surface area contributed by atoms with Gasteiger partial charge in [0, 0.05) is 18.3 Å². The summed E-state index contributed by atoms with van der Waals surface area (Å²) in [5.74, 6) is 0.0928. The predicted octanol–water partition coefficient (Wildman–Crippen LogP) is 3.25. The number of hydrogen-bond acceptors (Lipinski definition) is 4. The molecule has 2 aliphatic heterocycles. The molecule has 0 bridgehead atoms. The highest BCUT2D eigenvalue weighted by atomic mass is 16.5. The number of anilines is 1. The molecule has 1 unspecified atom stereocenters. The van der Waals surface area contributed by atoms with Crippen LogP contribution >= 0.6 is 0 Å². The normalized spacial score (nSPS) is 20.1. The minimum absolute atomic E-state index is 0.00742. The standard InChI is InChI=1S/C20H30N2O2/c1-3-24-20(23)17-8-11-22(12-9-17)15(2)13-16-6-7-19-18(14-16)5-4-10-21-19/h6-7,14-15,17,21H,3-5,8-13H2,1-2H3. The molecule has 0 amide bonds. The number of carbonyl (C=O) groups excluding carboxylic acids is 1. The van der Waals surface area contributed by atoms with Gasteiger partial charge in [0.25, 0.3) is 0 Å². The number of piperidine rings is 1. The molecule has 4 heteroatoms. The Hall–Kier alpha value is -1.55. The van der Waals surface area contributed by atoms with Crippen molar-refractivity contribution < 1.29 is 9.53 Å². The Labute approximate surface area is 145 Å². The summed E-state index contributed by atoms with van der Waals surface area (Å²) in [4.78, 5) is 14.4. The third-order valence-corrected chi connectivity index (χ3v) is 5.41. The minimum Gasteiger partial charge on any atom is -0.466 e. The maximum atomic E-state index is 11.9. The van der Waals surface area contributed by atoms with Gasteiger partial charge in [0.2, 0.25) is 0 Å². The molecule has 0 aromatic heterocycles. The predicted molar refractivity (Wildman–Crippen MR) is 97.3 cm³/mol. The Morgan fingerprint density at radius 1 is 1.38 bits per heavy atom. The monoisotopic (exact) mass is 330 g/mol. The van der Waals surface area contributed by atoms with E-state index in [0.29, 0.717) is 12.6 Å². The fourth-order valence-corrected chi connectivity index (χ4v) is 3.96. The summed E-state index contributed by atoms with van der Waals surface area (Å²) >= 11 is 0. The van der Waals surface area contributed by atoms with Gasteiger partial charge in [-0.3, -0.25) is 4.79 Å². The van der Waals surface area contributed by atoms with Crippen LogP contribution in [-0.4, -0.2) is 43.2 Å². The van der Waals surface area contributed by atoms with Crippen molar-refractivity contribution >= 4 is 11.7 Å². The lowest BCUT2D eigenvalue weighted by atomic mass is 9.94. The lowest BCUT2D eigenvalue weighted by Crippen LogP contribution is -2.42. The number of benzene rings is 1. The smallest absolute Gasteiger partial charge is 0.309 e. The van der Waals surface area contributed by atoms with Crippen LogP contribution in [0.5, 0.6) is 0 Å². The highest BCUT2D eigenvalue weighted by Crippen LogP contribution is 2.25. The first-order chi connectivity index (χ1) is 11.7. The molecule has 3 rings (SSSR count). The van der Waals surface area contributed by atoms with E-state index >= 15 is 0 Å². The van der Waals surface area contributed by atoms with Crippen molar-refractivity contribution in [2.75, 3.05) is 31.6 Å². The largest absolute Gasteiger partial charge is 0.466 e. The van der Waals surface area contributed by atoms with Gasteiger partial charge in [-0.2, -0.15) is 0 Å². The lowest BCUT2D eigenvalue weighted by molar-refractivity contribution is -0.149. The van der Waals surface area contributed by atoms with Crippen LogP contribution in [0.25, 0.3) is 0 Å². The Bertz CT molecular complexity index is 565. The third kappa shape index (κ3) is 4.10. The minimum atomic E-state index is -0.00742. The quantitative estimate of drug-likeness (QED) is 0.842. The molecule has 1 saturated heterocycles. The summed E-state index contributed by atoms with van der Waals surface area (Å²) in [6.07, 6.45) is 5.36. The first kappa shape index (κ1) is 17.3. The van der Waals surface area contributed by atoms with Crippen LogP contribution in [0.4, 0.5) is 5.69 Å². The van der Waals surface area contributed by atoms with Gasteiger partial charge in [-0.1, -0.05) is 12.1 Å². The summed E-state index contributed by atoms with van der Waals surface area (Å²) in [7, 11) is 0. The van der Waals surface area contributed by atoms with Crippen molar-refractivity contribution in [2.24, 2.45) is 5.92 Å². The maximum Gasteiger partial charge on any atom is 0.309 e. The van der Waals surface area contributed by atoms with E-state index in [-0.39, 0.29) is 11.9 Å². The number of aryl methyl sites for hydroxylation is 1. The molecule has 2 aliphatic rings. The number of esters is 1. The molecule has 0 radical (unpaired) electrons. The van der Waals surface area contributed by atoms with Crippen molar-refractivity contribution in [1.82, 2.24) is 4.90 Å². The number of hydrogen-bond donors (Lipinski definition) is 1. The molecule has 0 spiro atoms. The molecule has 4 nitrogen and oxygen atoms in total. The highest BCUT2D eigenvalue weighted by molar-refractivity contribution is 5.72. The summed E-state index contributed by atoms with van der Waals surface area (Å²) in [5, 5.41) is 3.48. The van der Waals surface area contributed by atoms with Gasteiger partial charge < -0.3 is 15.0 Å². The number of nitrogens with zero attached hydrogens (tertiary/aromatic N) is 1.